The Kier molecular flexibility index (Phi) is 9.71. The van der Waals surface area contributed by atoms with Gasteiger partial charge in [-0.3, -0.25) is 4.79 Å². The van der Waals surface area contributed by atoms with E-state index in [1.54, 1.807) is 23.0 Å². The van der Waals surface area contributed by atoms with E-state index in [1.807, 2.05) is 12.1 Å². The van der Waals surface area contributed by atoms with Gasteiger partial charge in [-0.25, -0.2) is 18.2 Å². The summed E-state index contributed by atoms with van der Waals surface area (Å²) in [6.07, 6.45) is 4.79. The predicted octanol–water partition coefficient (Wildman–Crippen LogP) is 2.27. The molecule has 0 aliphatic heterocycles. The third-order valence-electron chi connectivity index (χ3n) is 5.84. The van der Waals surface area contributed by atoms with Gasteiger partial charge in [0.2, 0.25) is 10.0 Å². The quantitative estimate of drug-likeness (QED) is 0.254. The van der Waals surface area contributed by atoms with Crippen LogP contribution in [0.5, 0.6) is 0 Å². The average molecular weight is 516 g/mol. The highest BCUT2D eigenvalue weighted by Gasteiger charge is 2.18. The van der Waals surface area contributed by atoms with E-state index >= 15 is 0 Å². The third-order valence-corrected chi connectivity index (χ3v) is 6.77. The third kappa shape index (κ3) is 7.95. The molecule has 0 fully saturated rings. The summed E-state index contributed by atoms with van der Waals surface area (Å²) in [6.45, 7) is 2.73. The van der Waals surface area contributed by atoms with Crippen LogP contribution in [0, 0.1) is 0 Å². The molecule has 2 atom stereocenters. The van der Waals surface area contributed by atoms with Crippen LogP contribution in [0.3, 0.4) is 0 Å². The van der Waals surface area contributed by atoms with Crippen LogP contribution in [0.2, 0.25) is 0 Å². The van der Waals surface area contributed by atoms with Gasteiger partial charge in [-0.15, -0.1) is 5.10 Å². The minimum Gasteiger partial charge on any atom is -0.390 e. The van der Waals surface area contributed by atoms with E-state index in [0.717, 1.165) is 31.2 Å². The van der Waals surface area contributed by atoms with Crippen LogP contribution < -0.4 is 10.5 Å². The summed E-state index contributed by atoms with van der Waals surface area (Å²) in [5.74, 6) is -0.382. The summed E-state index contributed by atoms with van der Waals surface area (Å²) in [5.41, 5.74) is 2.46. The molecule has 5 N–H and O–H groups in total. The van der Waals surface area contributed by atoms with E-state index in [2.05, 4.69) is 22.6 Å². The molecular formula is C25H33N5O5S. The van der Waals surface area contributed by atoms with Crippen molar-refractivity contribution in [1.82, 2.24) is 20.3 Å². The van der Waals surface area contributed by atoms with Gasteiger partial charge in [-0.2, -0.15) is 0 Å². The molecule has 0 saturated carbocycles. The number of sulfonamides is 1. The first-order valence-corrected chi connectivity index (χ1v) is 13.5. The van der Waals surface area contributed by atoms with Gasteiger partial charge in [0.05, 0.1) is 30.3 Å². The molecule has 11 heteroatoms. The fraction of sp³-hybridized carbons (Fsp3) is 0.400. The fourth-order valence-electron chi connectivity index (χ4n) is 3.73. The maximum absolute atomic E-state index is 12.3. The molecule has 0 bridgehead atoms. The number of nitrogens with zero attached hydrogens (tertiary/aromatic N) is 3. The lowest BCUT2D eigenvalue weighted by Crippen LogP contribution is -2.23. The lowest BCUT2D eigenvalue weighted by Gasteiger charge is -2.18. The molecule has 0 aliphatic rings. The minimum absolute atomic E-state index is 0.0666. The number of hydrogen-bond donors (Lipinski definition) is 4. The van der Waals surface area contributed by atoms with Crippen LogP contribution in [0.4, 0.5) is 0 Å². The van der Waals surface area contributed by atoms with E-state index in [1.165, 1.54) is 24.3 Å². The number of benzene rings is 2. The fourth-order valence-corrected chi connectivity index (χ4v) is 4.25. The van der Waals surface area contributed by atoms with Crippen molar-refractivity contribution in [3.05, 3.63) is 77.1 Å². The summed E-state index contributed by atoms with van der Waals surface area (Å²) >= 11 is 0. The standard InChI is InChI=1S/C25H33N5O5S/c1-2-3-4-5-6-23(31)24(32)19-9-7-18(8-10-19)16-30-17-21(28-29-30)15-27-25(33)20-11-13-22(14-12-20)36(26,34)35/h7-14,17,23-24,31-32H,2-6,15-16H2,1H3,(H,27,33)(H2,26,34,35)/t23-,24-/m0/s1. The molecule has 36 heavy (non-hydrogen) atoms. The zero-order chi connectivity index (χ0) is 26.1. The molecule has 3 rings (SSSR count). The van der Waals surface area contributed by atoms with Crippen molar-refractivity contribution in [2.45, 2.75) is 69.2 Å². The second-order valence-corrected chi connectivity index (χ2v) is 10.3. The van der Waals surface area contributed by atoms with Crippen LogP contribution in [0.15, 0.2) is 59.6 Å². The Morgan fingerprint density at radius 3 is 2.39 bits per heavy atom. The van der Waals surface area contributed by atoms with Gasteiger partial charge in [0, 0.05) is 5.56 Å². The highest BCUT2D eigenvalue weighted by molar-refractivity contribution is 7.89. The van der Waals surface area contributed by atoms with Gasteiger partial charge >= 0.3 is 0 Å². The topological polar surface area (TPSA) is 160 Å². The van der Waals surface area contributed by atoms with Crippen molar-refractivity contribution in [1.29, 1.82) is 0 Å². The Hall–Kier alpha value is -3.12. The summed E-state index contributed by atoms with van der Waals surface area (Å²) in [4.78, 5) is 12.2. The molecule has 0 aliphatic carbocycles. The number of amides is 1. The van der Waals surface area contributed by atoms with Crippen LogP contribution in [0.25, 0.3) is 0 Å². The molecule has 0 saturated heterocycles. The predicted molar refractivity (Wildman–Crippen MR) is 134 cm³/mol. The summed E-state index contributed by atoms with van der Waals surface area (Å²) < 4.78 is 24.3. The molecule has 0 unspecified atom stereocenters. The zero-order valence-electron chi connectivity index (χ0n) is 20.2. The van der Waals surface area contributed by atoms with Crippen LogP contribution in [0.1, 0.15) is 72.3 Å². The number of carbonyl (C=O) groups excluding carboxylic acids is 1. The van der Waals surface area contributed by atoms with Crippen molar-refractivity contribution in [3.63, 3.8) is 0 Å². The number of aliphatic hydroxyl groups is 2. The largest absolute Gasteiger partial charge is 0.390 e. The van der Waals surface area contributed by atoms with E-state index in [0.29, 0.717) is 29.8 Å². The first-order valence-electron chi connectivity index (χ1n) is 11.9. The van der Waals surface area contributed by atoms with Gasteiger partial charge in [-0.05, 0) is 41.8 Å². The van der Waals surface area contributed by atoms with Crippen molar-refractivity contribution in [2.75, 3.05) is 0 Å². The summed E-state index contributed by atoms with van der Waals surface area (Å²) in [7, 11) is -3.82. The second kappa shape index (κ2) is 12.7. The number of unbranched alkanes of at least 4 members (excludes halogenated alkanes) is 3. The molecule has 2 aromatic carbocycles. The Bertz CT molecular complexity index is 1230. The van der Waals surface area contributed by atoms with Crippen LogP contribution in [-0.4, -0.2) is 45.6 Å². The second-order valence-electron chi connectivity index (χ2n) is 8.76. The van der Waals surface area contributed by atoms with Gasteiger partial charge in [-0.1, -0.05) is 62.1 Å². The summed E-state index contributed by atoms with van der Waals surface area (Å²) in [6, 6.07) is 12.7. The van der Waals surface area contributed by atoms with Gasteiger partial charge in [0.25, 0.3) is 5.91 Å². The first-order chi connectivity index (χ1) is 17.2. The molecule has 10 nitrogen and oxygen atoms in total. The first kappa shape index (κ1) is 27.5. The Balaban J connectivity index is 1.49. The molecule has 194 valence electrons. The zero-order valence-corrected chi connectivity index (χ0v) is 21.1. The van der Waals surface area contributed by atoms with Gasteiger partial charge < -0.3 is 15.5 Å². The van der Waals surface area contributed by atoms with Crippen molar-refractivity contribution in [3.8, 4) is 0 Å². The van der Waals surface area contributed by atoms with E-state index in [-0.39, 0.29) is 17.3 Å². The van der Waals surface area contributed by atoms with Crippen molar-refractivity contribution in [2.24, 2.45) is 5.14 Å². The number of primary sulfonamides is 1. The Morgan fingerprint density at radius 1 is 1.06 bits per heavy atom. The molecule has 3 aromatic rings. The highest BCUT2D eigenvalue weighted by atomic mass is 32.2. The number of aliphatic hydroxyl groups excluding tert-OH is 2. The maximum atomic E-state index is 12.3. The molecule has 0 radical (unpaired) electrons. The number of carbonyl (C=O) groups is 1. The number of aromatic nitrogens is 3. The van der Waals surface area contributed by atoms with E-state index < -0.39 is 22.2 Å². The van der Waals surface area contributed by atoms with Gasteiger partial charge in [0.15, 0.2) is 0 Å². The van der Waals surface area contributed by atoms with Crippen LogP contribution in [-0.2, 0) is 23.1 Å². The van der Waals surface area contributed by atoms with Crippen molar-refractivity contribution < 1.29 is 23.4 Å². The van der Waals surface area contributed by atoms with Crippen molar-refractivity contribution >= 4 is 15.9 Å². The summed E-state index contributed by atoms with van der Waals surface area (Å²) in [5, 5.41) is 36.6. The maximum Gasteiger partial charge on any atom is 0.251 e. The SMILES string of the molecule is CCCCCC[C@H](O)[C@@H](O)c1ccc(Cn2cc(CNC(=O)c3ccc(S(N)(=O)=O)cc3)nn2)cc1. The van der Waals surface area contributed by atoms with Gasteiger partial charge in [0.1, 0.15) is 11.8 Å². The molecule has 0 spiro atoms. The number of rotatable bonds is 13. The molecule has 1 amide bonds. The molecule has 1 aromatic heterocycles. The number of hydrogen-bond acceptors (Lipinski definition) is 7. The average Bonchev–Trinajstić information content (AvgIpc) is 3.31. The van der Waals surface area contributed by atoms with E-state index in [9.17, 15) is 23.4 Å². The molecular weight excluding hydrogens is 482 g/mol. The van der Waals surface area contributed by atoms with Crippen LogP contribution >= 0.6 is 0 Å². The molecule has 1 heterocycles. The lowest BCUT2D eigenvalue weighted by atomic mass is 9.98. The Morgan fingerprint density at radius 2 is 1.75 bits per heavy atom. The lowest BCUT2D eigenvalue weighted by molar-refractivity contribution is 0.0120. The Labute approximate surface area is 211 Å². The smallest absolute Gasteiger partial charge is 0.251 e. The highest BCUT2D eigenvalue weighted by Crippen LogP contribution is 2.21. The monoisotopic (exact) mass is 515 g/mol. The number of nitrogens with two attached hydrogens (primary N) is 1. The normalized spacial score (nSPS) is 13.3. The number of nitrogens with one attached hydrogen (secondary N) is 1. The minimum atomic E-state index is -3.82. The van der Waals surface area contributed by atoms with E-state index in [4.69, 9.17) is 5.14 Å².